The highest BCUT2D eigenvalue weighted by Gasteiger charge is 2.28. The third-order valence-corrected chi connectivity index (χ3v) is 15.8. The maximum absolute atomic E-state index is 2.60. The Balaban J connectivity index is 0.973. The number of hydrogen-bond donors (Lipinski definition) is 0. The van der Waals surface area contributed by atoms with Crippen LogP contribution in [0.4, 0.5) is 22.7 Å². The van der Waals surface area contributed by atoms with E-state index in [9.17, 15) is 0 Å². The fourth-order valence-corrected chi connectivity index (χ4v) is 12.0. The number of hydrogen-bond acceptors (Lipinski definition) is 2. The van der Waals surface area contributed by atoms with E-state index in [0.717, 1.165) is 42.7 Å². The van der Waals surface area contributed by atoms with E-state index in [0.29, 0.717) is 0 Å². The highest BCUT2D eigenvalue weighted by molar-refractivity contribution is 6.12. The van der Waals surface area contributed by atoms with Crippen LogP contribution >= 0.6 is 0 Å². The molecule has 366 valence electrons. The first-order chi connectivity index (χ1) is 38.2. The lowest BCUT2D eigenvalue weighted by molar-refractivity contribution is 0.808. The van der Waals surface area contributed by atoms with Crippen molar-refractivity contribution in [1.29, 1.82) is 0 Å². The molecule has 3 nitrogen and oxygen atoms in total. The molecule has 77 heavy (non-hydrogen) atoms. The Morgan fingerprint density at radius 2 is 0.753 bits per heavy atom. The molecule has 0 radical (unpaired) electrons. The predicted molar refractivity (Wildman–Crippen MR) is 326 cm³/mol. The second-order valence-electron chi connectivity index (χ2n) is 20.3. The highest BCUT2D eigenvalue weighted by Crippen LogP contribution is 2.46. The summed E-state index contributed by atoms with van der Waals surface area (Å²) in [5.74, 6) is 0. The molecule has 1 aromatic heterocycles. The van der Waals surface area contributed by atoms with Crippen molar-refractivity contribution < 1.29 is 0 Å². The molecule has 0 atom stereocenters. The van der Waals surface area contributed by atoms with Gasteiger partial charge in [0.2, 0.25) is 0 Å². The van der Waals surface area contributed by atoms with Gasteiger partial charge in [0, 0.05) is 56.2 Å². The molecule has 11 aromatic carbocycles. The Labute approximate surface area is 450 Å². The van der Waals surface area contributed by atoms with Gasteiger partial charge in [-0.1, -0.05) is 212 Å². The summed E-state index contributed by atoms with van der Waals surface area (Å²) in [6.45, 7) is 0. The molecule has 0 saturated carbocycles. The molecule has 1 heterocycles. The molecule has 0 fully saturated rings. The lowest BCUT2D eigenvalue weighted by Gasteiger charge is -2.34. The van der Waals surface area contributed by atoms with Crippen molar-refractivity contribution in [3.8, 4) is 39.1 Å². The molecule has 0 unspecified atom stereocenters. The van der Waals surface area contributed by atoms with Gasteiger partial charge >= 0.3 is 0 Å². The molecule has 0 N–H and O–H groups in total. The summed E-state index contributed by atoms with van der Waals surface area (Å²) in [5.41, 5.74) is 22.0. The normalized spacial score (nSPS) is 13.2. The van der Waals surface area contributed by atoms with Gasteiger partial charge in [0.15, 0.2) is 0 Å². The van der Waals surface area contributed by atoms with Crippen LogP contribution in [0, 0.1) is 0 Å². The maximum atomic E-state index is 2.60. The van der Waals surface area contributed by atoms with Crippen LogP contribution in [0.1, 0.15) is 36.1 Å². The van der Waals surface area contributed by atoms with Crippen molar-refractivity contribution in [2.24, 2.45) is 0 Å². The van der Waals surface area contributed by atoms with E-state index in [1.165, 1.54) is 111 Å². The number of fused-ring (bicyclic) bond motifs is 6. The summed E-state index contributed by atoms with van der Waals surface area (Å²) in [7, 11) is 0. The van der Waals surface area contributed by atoms with Crippen molar-refractivity contribution in [3.05, 3.63) is 307 Å². The molecule has 2 aliphatic carbocycles. The first-order valence-corrected chi connectivity index (χ1v) is 27.0. The molecule has 14 rings (SSSR count). The van der Waals surface area contributed by atoms with E-state index in [1.807, 2.05) is 0 Å². The number of allylic oxidation sites excluding steroid dienone is 5. The van der Waals surface area contributed by atoms with E-state index in [1.54, 1.807) is 0 Å². The van der Waals surface area contributed by atoms with Crippen LogP contribution in [0.15, 0.2) is 290 Å². The second-order valence-corrected chi connectivity index (χ2v) is 20.3. The highest BCUT2D eigenvalue weighted by atomic mass is 15.2. The molecule has 2 aliphatic rings. The Morgan fingerprint density at radius 3 is 1.30 bits per heavy atom. The molecular weight excluding hydrogens is 931 g/mol. The Bertz CT molecular complexity index is 4120. The monoisotopic (exact) mass is 985 g/mol. The minimum Gasteiger partial charge on any atom is -0.318 e. The SMILES string of the molecule is C1=C(c2ccccc2)CCC(N(C2=Cc3c(n(-c4cc5ccccc5c5ccccc45)c4ccc(N(c5ccc(-c6ccccc6)cc5)c5ccc(-c6ccccc6)cc5)cc34)CC2)c2ccc(-c3ccccc3)cc2)=C1. The Kier molecular flexibility index (Phi) is 11.8. The second kappa shape index (κ2) is 19.9. The molecule has 0 aliphatic heterocycles. The van der Waals surface area contributed by atoms with Gasteiger partial charge in [0.1, 0.15) is 0 Å². The van der Waals surface area contributed by atoms with Gasteiger partial charge in [-0.3, -0.25) is 0 Å². The molecular formula is C74H55N3. The quantitative estimate of drug-likeness (QED) is 0.120. The van der Waals surface area contributed by atoms with Gasteiger partial charge < -0.3 is 14.4 Å². The van der Waals surface area contributed by atoms with Gasteiger partial charge in [0.05, 0.1) is 11.2 Å². The summed E-state index contributed by atoms with van der Waals surface area (Å²) in [6.07, 6.45) is 10.9. The summed E-state index contributed by atoms with van der Waals surface area (Å²) in [4.78, 5) is 5.00. The zero-order valence-corrected chi connectivity index (χ0v) is 42.8. The summed E-state index contributed by atoms with van der Waals surface area (Å²) >= 11 is 0. The molecule has 3 heteroatoms. The first-order valence-electron chi connectivity index (χ1n) is 27.0. The number of aromatic nitrogens is 1. The third kappa shape index (κ3) is 8.62. The van der Waals surface area contributed by atoms with Crippen LogP contribution in [0.3, 0.4) is 0 Å². The lowest BCUT2D eigenvalue weighted by atomic mass is 9.93. The van der Waals surface area contributed by atoms with E-state index in [-0.39, 0.29) is 0 Å². The van der Waals surface area contributed by atoms with Crippen molar-refractivity contribution >= 4 is 66.8 Å². The van der Waals surface area contributed by atoms with Gasteiger partial charge in [-0.05, 0) is 159 Å². The van der Waals surface area contributed by atoms with E-state index in [4.69, 9.17) is 0 Å². The van der Waals surface area contributed by atoms with Crippen LogP contribution in [-0.4, -0.2) is 4.57 Å². The van der Waals surface area contributed by atoms with E-state index < -0.39 is 0 Å². The first kappa shape index (κ1) is 45.9. The van der Waals surface area contributed by atoms with Crippen LogP contribution in [0.25, 0.3) is 83.2 Å². The number of benzene rings is 11. The van der Waals surface area contributed by atoms with Gasteiger partial charge in [0.25, 0.3) is 0 Å². The molecule has 0 spiro atoms. The zero-order valence-electron chi connectivity index (χ0n) is 42.8. The van der Waals surface area contributed by atoms with Crippen molar-refractivity contribution in [2.45, 2.75) is 25.7 Å². The van der Waals surface area contributed by atoms with Crippen molar-refractivity contribution in [1.82, 2.24) is 4.57 Å². The van der Waals surface area contributed by atoms with E-state index >= 15 is 0 Å². The van der Waals surface area contributed by atoms with Crippen LogP contribution in [-0.2, 0) is 6.42 Å². The smallest absolute Gasteiger partial charge is 0.0543 e. The van der Waals surface area contributed by atoms with Gasteiger partial charge in [-0.2, -0.15) is 0 Å². The van der Waals surface area contributed by atoms with Crippen LogP contribution in [0.5, 0.6) is 0 Å². The predicted octanol–water partition coefficient (Wildman–Crippen LogP) is 20.0. The number of nitrogens with zero attached hydrogens (tertiary/aromatic N) is 3. The topological polar surface area (TPSA) is 11.4 Å². The molecule has 12 aromatic rings. The third-order valence-electron chi connectivity index (χ3n) is 15.8. The van der Waals surface area contributed by atoms with Crippen LogP contribution in [0.2, 0.25) is 0 Å². The Hall–Kier alpha value is -9.70. The standard InChI is InChI=1S/C74H55N3/c1-5-17-52(18-6-1)56-29-37-61(38-30-56)75(62-39-31-57(32-40-62)53-19-7-2-8-20-53)65-45-47-72-70(50-65)71-51-66(46-48-73(71)77(72)74-49-60-25-13-14-26-67(60)68-27-15-16-28-69(68)74)76(63-41-33-58(34-42-63)54-21-9-3-10-22-54)64-43-35-59(36-44-64)55-23-11-4-12-24-55/h1-35,37-43,45,47,49-51H,36,44,46,48H2. The minimum atomic E-state index is 0.870. The largest absolute Gasteiger partial charge is 0.318 e. The summed E-state index contributed by atoms with van der Waals surface area (Å²) < 4.78 is 2.60. The van der Waals surface area contributed by atoms with Crippen molar-refractivity contribution in [2.75, 3.05) is 9.80 Å². The molecule has 0 amide bonds. The fraction of sp³-hybridized carbons (Fsp3) is 0.0541. The summed E-state index contributed by atoms with van der Waals surface area (Å²) in [6, 6.07) is 97.6. The number of anilines is 4. The van der Waals surface area contributed by atoms with Crippen LogP contribution < -0.4 is 9.80 Å². The summed E-state index contributed by atoms with van der Waals surface area (Å²) in [5, 5.41) is 6.25. The average Bonchev–Trinajstić information content (AvgIpc) is 3.92. The van der Waals surface area contributed by atoms with Gasteiger partial charge in [-0.15, -0.1) is 0 Å². The Morgan fingerprint density at radius 1 is 0.299 bits per heavy atom. The fourth-order valence-electron chi connectivity index (χ4n) is 12.0. The lowest BCUT2D eigenvalue weighted by Crippen LogP contribution is -2.25. The molecule has 0 bridgehead atoms. The van der Waals surface area contributed by atoms with Gasteiger partial charge in [-0.25, -0.2) is 0 Å². The molecule has 0 saturated heterocycles. The minimum absolute atomic E-state index is 0.870. The average molecular weight is 986 g/mol. The zero-order chi connectivity index (χ0) is 51.1. The number of rotatable bonds is 11. The van der Waals surface area contributed by atoms with E-state index in [2.05, 4.69) is 300 Å². The van der Waals surface area contributed by atoms with Crippen molar-refractivity contribution in [3.63, 3.8) is 0 Å². The maximum Gasteiger partial charge on any atom is 0.0543 e.